The Hall–Kier alpha value is -3.25. The van der Waals surface area contributed by atoms with Crippen molar-refractivity contribution in [3.05, 3.63) is 70.2 Å². The van der Waals surface area contributed by atoms with Gasteiger partial charge in [0.1, 0.15) is 5.75 Å². The van der Waals surface area contributed by atoms with Crippen molar-refractivity contribution in [3.63, 3.8) is 0 Å². The lowest BCUT2D eigenvalue weighted by molar-refractivity contribution is 0.300. The summed E-state index contributed by atoms with van der Waals surface area (Å²) in [4.78, 5) is 15.2. The maximum absolute atomic E-state index is 12.4. The Bertz CT molecular complexity index is 1240. The summed E-state index contributed by atoms with van der Waals surface area (Å²) in [6, 6.07) is 12.8. The summed E-state index contributed by atoms with van der Waals surface area (Å²) >= 11 is 6.48. The zero-order chi connectivity index (χ0) is 20.0. The molecule has 1 fully saturated rings. The highest BCUT2D eigenvalue weighted by Gasteiger charge is 2.22. The summed E-state index contributed by atoms with van der Waals surface area (Å²) in [6.07, 6.45) is 5.64. The molecule has 2 aromatic heterocycles. The van der Waals surface area contributed by atoms with Gasteiger partial charge in [0, 0.05) is 23.3 Å². The number of aromatic amines is 1. The highest BCUT2D eigenvalue weighted by atomic mass is 35.5. The van der Waals surface area contributed by atoms with Crippen molar-refractivity contribution < 1.29 is 9.84 Å². The second-order valence-corrected chi connectivity index (χ2v) is 7.67. The number of halogens is 1. The number of pyridine rings is 1. The smallest absolute Gasteiger partial charge is 0.278 e. The fourth-order valence-electron chi connectivity index (χ4n) is 3.35. The normalized spacial score (nSPS) is 13.7. The molecule has 2 aromatic carbocycles. The third-order valence-electron chi connectivity index (χ3n) is 5.13. The van der Waals surface area contributed by atoms with E-state index in [2.05, 4.69) is 10.1 Å². The molecule has 0 amide bonds. The molecule has 1 aliphatic carbocycles. The Morgan fingerprint density at radius 2 is 2.03 bits per heavy atom. The number of H-pyrrole nitrogens is 1. The second-order valence-electron chi connectivity index (χ2n) is 7.26. The Morgan fingerprint density at radius 1 is 1.24 bits per heavy atom. The van der Waals surface area contributed by atoms with Gasteiger partial charge < -0.3 is 14.8 Å². The number of hydrogen-bond donors (Lipinski definition) is 2. The number of fused-ring (bicyclic) bond motifs is 1. The molecule has 1 aliphatic rings. The van der Waals surface area contributed by atoms with Crippen LogP contribution in [0.15, 0.2) is 59.7 Å². The summed E-state index contributed by atoms with van der Waals surface area (Å²) in [6.45, 7) is 0.757. The molecule has 4 aromatic rings. The first-order valence-electron chi connectivity index (χ1n) is 9.42. The summed E-state index contributed by atoms with van der Waals surface area (Å²) in [5.41, 5.74) is 1.73. The van der Waals surface area contributed by atoms with Crippen molar-refractivity contribution in [2.24, 2.45) is 5.92 Å². The topological polar surface area (TPSA) is 80.1 Å². The van der Waals surface area contributed by atoms with Crippen molar-refractivity contribution in [2.75, 3.05) is 6.61 Å². The SMILES string of the molecule is O=c1[nH]c2cc(Cl)c(-c3ccc(OCC4CC4)cc3)cc2c(O)c1-n1cccn1. The Kier molecular flexibility index (Phi) is 4.28. The molecule has 0 unspecified atom stereocenters. The molecule has 0 aliphatic heterocycles. The fourth-order valence-corrected chi connectivity index (χ4v) is 3.63. The summed E-state index contributed by atoms with van der Waals surface area (Å²) in [7, 11) is 0. The molecule has 0 radical (unpaired) electrons. The second kappa shape index (κ2) is 6.97. The van der Waals surface area contributed by atoms with Gasteiger partial charge in [-0.05, 0) is 54.7 Å². The van der Waals surface area contributed by atoms with E-state index in [4.69, 9.17) is 16.3 Å². The summed E-state index contributed by atoms with van der Waals surface area (Å²) in [5, 5.41) is 15.8. The third-order valence-corrected chi connectivity index (χ3v) is 5.44. The predicted molar refractivity (Wildman–Crippen MR) is 112 cm³/mol. The summed E-state index contributed by atoms with van der Waals surface area (Å²) < 4.78 is 7.13. The molecule has 0 saturated heterocycles. The van der Waals surface area contributed by atoms with Crippen LogP contribution in [0, 0.1) is 5.92 Å². The van der Waals surface area contributed by atoms with Crippen LogP contribution in [-0.4, -0.2) is 26.5 Å². The molecule has 2 N–H and O–H groups in total. The van der Waals surface area contributed by atoms with Gasteiger partial charge in [0.25, 0.3) is 5.56 Å². The lowest BCUT2D eigenvalue weighted by Gasteiger charge is -2.12. The highest BCUT2D eigenvalue weighted by Crippen LogP contribution is 2.37. The van der Waals surface area contributed by atoms with E-state index in [0.717, 1.165) is 23.5 Å². The quantitative estimate of drug-likeness (QED) is 0.509. The molecule has 29 heavy (non-hydrogen) atoms. The van der Waals surface area contributed by atoms with Crippen molar-refractivity contribution in [2.45, 2.75) is 12.8 Å². The molecular formula is C22H18ClN3O3. The number of nitrogens with one attached hydrogen (secondary N) is 1. The number of ether oxygens (including phenoxy) is 1. The van der Waals surface area contributed by atoms with Gasteiger partial charge in [-0.25, -0.2) is 4.68 Å². The average Bonchev–Trinajstić information content (AvgIpc) is 3.39. The molecule has 0 spiro atoms. The first-order chi connectivity index (χ1) is 14.1. The number of aromatic nitrogens is 3. The third kappa shape index (κ3) is 3.36. The fraction of sp³-hybridized carbons (Fsp3) is 0.182. The largest absolute Gasteiger partial charge is 0.505 e. The van der Waals surface area contributed by atoms with E-state index in [1.54, 1.807) is 30.6 Å². The van der Waals surface area contributed by atoms with Gasteiger partial charge in [0.15, 0.2) is 11.4 Å². The van der Waals surface area contributed by atoms with Crippen LogP contribution < -0.4 is 10.3 Å². The van der Waals surface area contributed by atoms with Crippen molar-refractivity contribution >= 4 is 22.5 Å². The van der Waals surface area contributed by atoms with Crippen LogP contribution in [0.25, 0.3) is 27.7 Å². The number of aromatic hydroxyl groups is 1. The number of benzene rings is 2. The minimum atomic E-state index is -0.445. The summed E-state index contributed by atoms with van der Waals surface area (Å²) in [5.74, 6) is 1.37. The van der Waals surface area contributed by atoms with Crippen LogP contribution in [-0.2, 0) is 0 Å². The molecule has 7 heteroatoms. The van der Waals surface area contributed by atoms with Gasteiger partial charge in [-0.1, -0.05) is 23.7 Å². The van der Waals surface area contributed by atoms with Gasteiger partial charge >= 0.3 is 0 Å². The van der Waals surface area contributed by atoms with Crippen LogP contribution >= 0.6 is 11.6 Å². The molecule has 5 rings (SSSR count). The first kappa shape index (κ1) is 17.8. The number of nitrogens with zero attached hydrogens (tertiary/aromatic N) is 2. The van der Waals surface area contributed by atoms with Gasteiger partial charge in [-0.15, -0.1) is 0 Å². The van der Waals surface area contributed by atoms with E-state index in [1.807, 2.05) is 24.3 Å². The van der Waals surface area contributed by atoms with Crippen molar-refractivity contribution in [3.8, 4) is 28.3 Å². The van der Waals surface area contributed by atoms with E-state index in [-0.39, 0.29) is 11.4 Å². The predicted octanol–water partition coefficient (Wildman–Crippen LogP) is 4.53. The van der Waals surface area contributed by atoms with Crippen molar-refractivity contribution in [1.29, 1.82) is 0 Å². The zero-order valence-corrected chi connectivity index (χ0v) is 16.2. The molecule has 6 nitrogen and oxygen atoms in total. The minimum absolute atomic E-state index is 0.0691. The average molecular weight is 408 g/mol. The van der Waals surface area contributed by atoms with Crippen LogP contribution in [0.1, 0.15) is 12.8 Å². The minimum Gasteiger partial charge on any atom is -0.505 e. The Balaban J connectivity index is 1.57. The molecule has 2 heterocycles. The number of hydrogen-bond acceptors (Lipinski definition) is 4. The van der Waals surface area contributed by atoms with Crippen LogP contribution in [0.5, 0.6) is 11.5 Å². The molecule has 0 atom stereocenters. The van der Waals surface area contributed by atoms with Crippen LogP contribution in [0.3, 0.4) is 0 Å². The van der Waals surface area contributed by atoms with Crippen LogP contribution in [0.2, 0.25) is 5.02 Å². The molecular weight excluding hydrogens is 390 g/mol. The van der Waals surface area contributed by atoms with E-state index in [9.17, 15) is 9.90 Å². The number of rotatable bonds is 5. The highest BCUT2D eigenvalue weighted by molar-refractivity contribution is 6.34. The molecule has 146 valence electrons. The first-order valence-corrected chi connectivity index (χ1v) is 9.79. The Labute approximate surface area is 171 Å². The standard InChI is InChI=1S/C22H18ClN3O3/c23-18-11-19-17(21(27)20(22(28)25-19)26-9-1-8-24-26)10-16(18)14-4-6-15(7-5-14)29-12-13-2-3-13/h1,4-11,13H,2-3,12H2,(H2,25,27,28). The maximum Gasteiger partial charge on any atom is 0.278 e. The van der Waals surface area contributed by atoms with Gasteiger partial charge in [-0.3, -0.25) is 4.79 Å². The van der Waals surface area contributed by atoms with Gasteiger partial charge in [0.05, 0.1) is 17.1 Å². The van der Waals surface area contributed by atoms with E-state index in [0.29, 0.717) is 21.8 Å². The van der Waals surface area contributed by atoms with Crippen molar-refractivity contribution in [1.82, 2.24) is 14.8 Å². The Morgan fingerprint density at radius 3 is 2.72 bits per heavy atom. The maximum atomic E-state index is 12.4. The van der Waals surface area contributed by atoms with Gasteiger partial charge in [-0.2, -0.15) is 5.10 Å². The van der Waals surface area contributed by atoms with E-state index >= 15 is 0 Å². The lowest BCUT2D eigenvalue weighted by atomic mass is 10.0. The lowest BCUT2D eigenvalue weighted by Crippen LogP contribution is -2.15. The monoisotopic (exact) mass is 407 g/mol. The van der Waals surface area contributed by atoms with E-state index in [1.165, 1.54) is 17.5 Å². The van der Waals surface area contributed by atoms with Crippen LogP contribution in [0.4, 0.5) is 0 Å². The van der Waals surface area contributed by atoms with E-state index < -0.39 is 5.56 Å². The molecule has 0 bridgehead atoms. The molecule has 1 saturated carbocycles. The van der Waals surface area contributed by atoms with Gasteiger partial charge in [0.2, 0.25) is 0 Å². The zero-order valence-electron chi connectivity index (χ0n) is 15.4.